The minimum atomic E-state index is -1.09. The van der Waals surface area contributed by atoms with Gasteiger partial charge >= 0.3 is 5.97 Å². The molecular formula is C20H18N2O4. The first kappa shape index (κ1) is 17.4. The molecule has 6 heteroatoms. The summed E-state index contributed by atoms with van der Waals surface area (Å²) in [5.74, 6) is -1.09. The van der Waals surface area contributed by atoms with E-state index >= 15 is 0 Å². The van der Waals surface area contributed by atoms with E-state index in [-0.39, 0.29) is 17.8 Å². The lowest BCUT2D eigenvalue weighted by molar-refractivity contribution is -0.137. The topological polar surface area (TPSA) is 95.5 Å². The highest BCUT2D eigenvalue weighted by molar-refractivity contribution is 5.82. The molecule has 0 radical (unpaired) electrons. The fourth-order valence-corrected chi connectivity index (χ4v) is 2.71. The number of carboxylic acids is 1. The van der Waals surface area contributed by atoms with Crippen LogP contribution in [0, 0.1) is 0 Å². The summed E-state index contributed by atoms with van der Waals surface area (Å²) in [5, 5.41) is 15.1. The van der Waals surface area contributed by atoms with Crippen molar-refractivity contribution in [2.75, 3.05) is 10.6 Å². The summed E-state index contributed by atoms with van der Waals surface area (Å²) in [6.07, 6.45) is 0.201. The number of nitrogens with one attached hydrogen (secondary N) is 2. The van der Waals surface area contributed by atoms with Crippen molar-refractivity contribution in [3.8, 4) is 0 Å². The van der Waals surface area contributed by atoms with Gasteiger partial charge in [-0.2, -0.15) is 0 Å². The van der Waals surface area contributed by atoms with Crippen molar-refractivity contribution in [3.63, 3.8) is 0 Å². The quantitative estimate of drug-likeness (QED) is 0.538. The Balaban J connectivity index is 1.74. The maximum Gasteiger partial charge on any atom is 0.326 e. The van der Waals surface area contributed by atoms with Gasteiger partial charge in [0, 0.05) is 13.0 Å². The fraction of sp³-hybridized carbons (Fsp3) is 0.150. The normalized spacial score (nSPS) is 11.8. The zero-order chi connectivity index (χ0) is 18.5. The third-order valence-corrected chi connectivity index (χ3v) is 4.12. The van der Waals surface area contributed by atoms with E-state index in [1.54, 1.807) is 0 Å². The Kier molecular flexibility index (Phi) is 5.12. The molecule has 0 saturated carbocycles. The average Bonchev–Trinajstić information content (AvgIpc) is 2.67. The lowest BCUT2D eigenvalue weighted by Gasteiger charge is -2.20. The molecule has 132 valence electrons. The molecule has 3 aromatic rings. The molecule has 0 aliphatic rings. The highest BCUT2D eigenvalue weighted by atomic mass is 16.4. The standard InChI is InChI=1S/C20H18N2O4/c23-18-16(21-12-14-9-5-2-6-10-14)17(19(18)24)22-15(20(25)26)11-13-7-3-1-4-8-13/h1-10,15,21-22H,11-12H2,(H,25,26)/t15-/m0/s1. The zero-order valence-electron chi connectivity index (χ0n) is 13.9. The monoisotopic (exact) mass is 350 g/mol. The van der Waals surface area contributed by atoms with Crippen LogP contribution in [-0.2, 0) is 17.8 Å². The van der Waals surface area contributed by atoms with E-state index in [1.807, 2.05) is 60.7 Å². The Hall–Kier alpha value is -3.41. The van der Waals surface area contributed by atoms with Gasteiger partial charge in [0.05, 0.1) is 0 Å². The van der Waals surface area contributed by atoms with Crippen LogP contribution in [0.15, 0.2) is 70.3 Å². The van der Waals surface area contributed by atoms with Crippen molar-refractivity contribution in [1.29, 1.82) is 0 Å². The maximum atomic E-state index is 11.9. The Labute approximate surface area is 149 Å². The molecule has 6 nitrogen and oxygen atoms in total. The van der Waals surface area contributed by atoms with E-state index < -0.39 is 22.9 Å². The second-order valence-corrected chi connectivity index (χ2v) is 5.97. The minimum absolute atomic E-state index is 0.0364. The summed E-state index contributed by atoms with van der Waals surface area (Å²) in [7, 11) is 0. The molecule has 26 heavy (non-hydrogen) atoms. The van der Waals surface area contributed by atoms with Gasteiger partial charge in [-0.3, -0.25) is 9.59 Å². The van der Waals surface area contributed by atoms with Crippen molar-refractivity contribution in [1.82, 2.24) is 0 Å². The van der Waals surface area contributed by atoms with Gasteiger partial charge in [-0.05, 0) is 11.1 Å². The number of aliphatic carboxylic acids is 1. The smallest absolute Gasteiger partial charge is 0.326 e. The van der Waals surface area contributed by atoms with Crippen LogP contribution in [0.25, 0.3) is 0 Å². The molecule has 0 saturated heterocycles. The number of rotatable bonds is 8. The van der Waals surface area contributed by atoms with Crippen molar-refractivity contribution >= 4 is 17.3 Å². The molecule has 0 aliphatic carbocycles. The van der Waals surface area contributed by atoms with Crippen LogP contribution in [0.5, 0.6) is 0 Å². The van der Waals surface area contributed by atoms with Crippen molar-refractivity contribution < 1.29 is 9.90 Å². The molecule has 3 rings (SSSR count). The van der Waals surface area contributed by atoms with Gasteiger partial charge in [-0.15, -0.1) is 0 Å². The SMILES string of the molecule is O=C(O)[C@H](Cc1ccccc1)Nc1c(NCc2ccccc2)c(=O)c1=O. The molecular weight excluding hydrogens is 332 g/mol. The molecule has 3 N–H and O–H groups in total. The molecule has 0 bridgehead atoms. The first-order valence-electron chi connectivity index (χ1n) is 8.20. The zero-order valence-corrected chi connectivity index (χ0v) is 13.9. The summed E-state index contributed by atoms with van der Waals surface area (Å²) < 4.78 is 0. The molecule has 3 aromatic carbocycles. The Morgan fingerprint density at radius 2 is 1.38 bits per heavy atom. The fourth-order valence-electron chi connectivity index (χ4n) is 2.71. The number of hydrogen-bond acceptors (Lipinski definition) is 5. The Morgan fingerprint density at radius 1 is 0.846 bits per heavy atom. The lowest BCUT2D eigenvalue weighted by atomic mass is 10.0. The van der Waals surface area contributed by atoms with Crippen LogP contribution < -0.4 is 21.5 Å². The van der Waals surface area contributed by atoms with E-state index in [0.717, 1.165) is 11.1 Å². The molecule has 1 atom stereocenters. The molecule has 0 aliphatic heterocycles. The van der Waals surface area contributed by atoms with Crippen LogP contribution in [0.1, 0.15) is 11.1 Å². The van der Waals surface area contributed by atoms with Gasteiger partial charge < -0.3 is 15.7 Å². The third-order valence-electron chi connectivity index (χ3n) is 4.12. The van der Waals surface area contributed by atoms with Crippen LogP contribution in [0.3, 0.4) is 0 Å². The Morgan fingerprint density at radius 3 is 1.96 bits per heavy atom. The van der Waals surface area contributed by atoms with Crippen LogP contribution in [0.2, 0.25) is 0 Å². The van der Waals surface area contributed by atoms with Crippen molar-refractivity contribution in [2.45, 2.75) is 19.0 Å². The summed E-state index contributed by atoms with van der Waals surface area (Å²) >= 11 is 0. The van der Waals surface area contributed by atoms with Gasteiger partial charge in [-0.25, -0.2) is 4.79 Å². The number of benzene rings is 2. The van der Waals surface area contributed by atoms with E-state index in [1.165, 1.54) is 0 Å². The number of anilines is 2. The summed E-state index contributed by atoms with van der Waals surface area (Å²) in [6.45, 7) is 0.372. The van der Waals surface area contributed by atoms with Gasteiger partial charge in [0.25, 0.3) is 10.9 Å². The molecule has 0 fully saturated rings. The van der Waals surface area contributed by atoms with E-state index in [2.05, 4.69) is 10.6 Å². The molecule has 0 amide bonds. The number of carboxylic acid groups (broad SMARTS) is 1. The lowest BCUT2D eigenvalue weighted by Crippen LogP contribution is -2.42. The largest absolute Gasteiger partial charge is 0.480 e. The van der Waals surface area contributed by atoms with Crippen molar-refractivity contribution in [3.05, 3.63) is 92.2 Å². The van der Waals surface area contributed by atoms with Crippen molar-refractivity contribution in [2.24, 2.45) is 0 Å². The molecule has 0 spiro atoms. The summed E-state index contributed by atoms with van der Waals surface area (Å²) in [4.78, 5) is 35.3. The minimum Gasteiger partial charge on any atom is -0.480 e. The van der Waals surface area contributed by atoms with E-state index in [9.17, 15) is 19.5 Å². The second-order valence-electron chi connectivity index (χ2n) is 5.97. The molecule has 0 unspecified atom stereocenters. The number of carbonyl (C=O) groups is 1. The van der Waals surface area contributed by atoms with Crippen LogP contribution >= 0.6 is 0 Å². The van der Waals surface area contributed by atoms with Crippen LogP contribution in [-0.4, -0.2) is 17.1 Å². The van der Waals surface area contributed by atoms with Crippen LogP contribution in [0.4, 0.5) is 11.4 Å². The highest BCUT2D eigenvalue weighted by Crippen LogP contribution is 2.18. The summed E-state index contributed by atoms with van der Waals surface area (Å²) in [6, 6.07) is 17.5. The molecule has 0 aromatic heterocycles. The summed E-state index contributed by atoms with van der Waals surface area (Å²) in [5.41, 5.74) is 0.620. The predicted molar refractivity (Wildman–Crippen MR) is 100 cm³/mol. The maximum absolute atomic E-state index is 11.9. The molecule has 0 heterocycles. The average molecular weight is 350 g/mol. The van der Waals surface area contributed by atoms with Gasteiger partial charge in [0.15, 0.2) is 0 Å². The second kappa shape index (κ2) is 7.65. The van der Waals surface area contributed by atoms with E-state index in [0.29, 0.717) is 6.54 Å². The number of hydrogen-bond donors (Lipinski definition) is 3. The predicted octanol–water partition coefficient (Wildman–Crippen LogP) is 2.00. The highest BCUT2D eigenvalue weighted by Gasteiger charge is 2.26. The third kappa shape index (κ3) is 3.80. The first-order chi connectivity index (χ1) is 12.6. The van der Waals surface area contributed by atoms with Gasteiger partial charge in [0.1, 0.15) is 17.4 Å². The Bertz CT molecular complexity index is 961. The van der Waals surface area contributed by atoms with Gasteiger partial charge in [-0.1, -0.05) is 60.7 Å². The first-order valence-corrected chi connectivity index (χ1v) is 8.20. The van der Waals surface area contributed by atoms with E-state index in [4.69, 9.17) is 0 Å². The van der Waals surface area contributed by atoms with Gasteiger partial charge in [0.2, 0.25) is 0 Å².